The molecular weight excluding hydrogens is 246 g/mol. The molecule has 18 heavy (non-hydrogen) atoms. The topological polar surface area (TPSA) is 58.9 Å². The van der Waals surface area contributed by atoms with Gasteiger partial charge in [0.05, 0.1) is 6.61 Å². The summed E-state index contributed by atoms with van der Waals surface area (Å²) in [5.41, 5.74) is 3.75. The Bertz CT molecular complexity index is 552. The average Bonchev–Trinajstić information content (AvgIpc) is 2.30. The van der Waals surface area contributed by atoms with Gasteiger partial charge in [0.2, 0.25) is 0 Å². The summed E-state index contributed by atoms with van der Waals surface area (Å²) in [7, 11) is 0. The molecule has 0 aromatic carbocycles. The lowest BCUT2D eigenvalue weighted by Gasteiger charge is -2.06. The van der Waals surface area contributed by atoms with Crippen molar-refractivity contribution < 1.29 is 5.11 Å². The number of aryl methyl sites for hydroxylation is 3. The van der Waals surface area contributed by atoms with E-state index in [-0.39, 0.29) is 6.61 Å². The quantitative estimate of drug-likeness (QED) is 0.860. The number of hydrogen-bond donors (Lipinski definition) is 1. The van der Waals surface area contributed by atoms with Crippen LogP contribution in [-0.4, -0.2) is 20.1 Å². The van der Waals surface area contributed by atoms with E-state index in [1.54, 1.807) is 6.20 Å². The molecule has 0 aliphatic rings. The fourth-order valence-corrected chi connectivity index (χ4v) is 2.52. The van der Waals surface area contributed by atoms with Crippen molar-refractivity contribution in [2.45, 2.75) is 37.6 Å². The molecule has 94 valence electrons. The van der Waals surface area contributed by atoms with Gasteiger partial charge in [-0.05, 0) is 55.8 Å². The Balaban J connectivity index is 2.28. The highest BCUT2D eigenvalue weighted by atomic mass is 32.2. The van der Waals surface area contributed by atoms with Crippen LogP contribution in [0.5, 0.6) is 0 Å². The van der Waals surface area contributed by atoms with Gasteiger partial charge in [-0.15, -0.1) is 0 Å². The highest BCUT2D eigenvalue weighted by Gasteiger charge is 2.07. The van der Waals surface area contributed by atoms with Gasteiger partial charge in [0.25, 0.3) is 0 Å². The Morgan fingerprint density at radius 1 is 1.11 bits per heavy atom. The summed E-state index contributed by atoms with van der Waals surface area (Å²) in [5.74, 6) is 0. The number of hydrogen-bond acceptors (Lipinski definition) is 5. The van der Waals surface area contributed by atoms with E-state index in [0.717, 1.165) is 27.5 Å². The van der Waals surface area contributed by atoms with Gasteiger partial charge in [-0.25, -0.2) is 15.0 Å². The van der Waals surface area contributed by atoms with Gasteiger partial charge in [0, 0.05) is 17.6 Å². The highest BCUT2D eigenvalue weighted by molar-refractivity contribution is 7.99. The van der Waals surface area contributed by atoms with Crippen molar-refractivity contribution >= 4 is 11.8 Å². The molecule has 1 N–H and O–H groups in total. The zero-order valence-corrected chi connectivity index (χ0v) is 11.5. The van der Waals surface area contributed by atoms with Crippen molar-refractivity contribution in [3.05, 3.63) is 40.8 Å². The molecule has 0 radical (unpaired) electrons. The van der Waals surface area contributed by atoms with Gasteiger partial charge in [-0.2, -0.15) is 0 Å². The molecule has 4 nitrogen and oxygen atoms in total. The molecule has 2 aromatic heterocycles. The summed E-state index contributed by atoms with van der Waals surface area (Å²) in [6.07, 6.45) is 1.68. The molecule has 2 heterocycles. The van der Waals surface area contributed by atoms with Crippen molar-refractivity contribution in [1.29, 1.82) is 0 Å². The minimum atomic E-state index is 0.0127. The Hall–Kier alpha value is -1.46. The van der Waals surface area contributed by atoms with Crippen molar-refractivity contribution in [3.8, 4) is 0 Å². The van der Waals surface area contributed by atoms with Gasteiger partial charge in [-0.1, -0.05) is 0 Å². The molecule has 0 unspecified atom stereocenters. The second kappa shape index (κ2) is 5.46. The van der Waals surface area contributed by atoms with Gasteiger partial charge in [0.15, 0.2) is 5.16 Å². The van der Waals surface area contributed by atoms with Crippen LogP contribution in [0, 0.1) is 20.8 Å². The molecule has 0 fully saturated rings. The third-order valence-corrected chi connectivity index (χ3v) is 3.41. The van der Waals surface area contributed by atoms with Crippen molar-refractivity contribution in [2.75, 3.05) is 0 Å². The number of nitrogens with zero attached hydrogens (tertiary/aromatic N) is 3. The largest absolute Gasteiger partial charge is 0.392 e. The predicted octanol–water partition coefficient (Wildman–Crippen LogP) is 2.44. The van der Waals surface area contributed by atoms with Crippen molar-refractivity contribution in [3.63, 3.8) is 0 Å². The third kappa shape index (κ3) is 3.05. The number of pyridine rings is 1. The summed E-state index contributed by atoms with van der Waals surface area (Å²) in [4.78, 5) is 13.1. The Kier molecular flexibility index (Phi) is 3.93. The van der Waals surface area contributed by atoms with E-state index in [0.29, 0.717) is 5.16 Å². The van der Waals surface area contributed by atoms with Gasteiger partial charge >= 0.3 is 0 Å². The van der Waals surface area contributed by atoms with Gasteiger partial charge < -0.3 is 5.11 Å². The van der Waals surface area contributed by atoms with Crippen LogP contribution in [0.1, 0.15) is 22.5 Å². The minimum absolute atomic E-state index is 0.0127. The van der Waals surface area contributed by atoms with Crippen LogP contribution in [0.4, 0.5) is 0 Å². The second-order valence-electron chi connectivity index (χ2n) is 4.16. The van der Waals surface area contributed by atoms with Crippen LogP contribution in [0.3, 0.4) is 0 Å². The number of rotatable bonds is 3. The minimum Gasteiger partial charge on any atom is -0.392 e. The first-order valence-corrected chi connectivity index (χ1v) is 6.46. The lowest BCUT2D eigenvalue weighted by Crippen LogP contribution is -1.95. The highest BCUT2D eigenvalue weighted by Crippen LogP contribution is 2.26. The first-order valence-electron chi connectivity index (χ1n) is 5.65. The first-order chi connectivity index (χ1) is 8.58. The third-order valence-electron chi connectivity index (χ3n) is 2.42. The molecule has 0 amide bonds. The fourth-order valence-electron chi connectivity index (χ4n) is 1.64. The van der Waals surface area contributed by atoms with Crippen LogP contribution in [0.15, 0.2) is 28.5 Å². The summed E-state index contributed by atoms with van der Waals surface area (Å²) < 4.78 is 0. The molecule has 0 aliphatic carbocycles. The lowest BCUT2D eigenvalue weighted by molar-refractivity contribution is 0.281. The number of aliphatic hydroxyl groups is 1. The lowest BCUT2D eigenvalue weighted by atomic mass is 10.2. The molecule has 5 heteroatoms. The summed E-state index contributed by atoms with van der Waals surface area (Å²) in [5, 5.41) is 10.6. The summed E-state index contributed by atoms with van der Waals surface area (Å²) in [6.45, 7) is 5.89. The van der Waals surface area contributed by atoms with Crippen LogP contribution < -0.4 is 0 Å². The zero-order valence-electron chi connectivity index (χ0n) is 10.6. The average molecular weight is 261 g/mol. The van der Waals surface area contributed by atoms with E-state index in [4.69, 9.17) is 5.11 Å². The molecule has 0 atom stereocenters. The van der Waals surface area contributed by atoms with Crippen LogP contribution in [-0.2, 0) is 6.61 Å². The van der Waals surface area contributed by atoms with E-state index in [1.807, 2.05) is 32.9 Å². The van der Waals surface area contributed by atoms with Crippen LogP contribution >= 0.6 is 11.8 Å². The molecule has 2 rings (SSSR count). The van der Waals surface area contributed by atoms with Gasteiger partial charge in [-0.3, -0.25) is 0 Å². The second-order valence-corrected chi connectivity index (χ2v) is 5.12. The molecule has 0 spiro atoms. The summed E-state index contributed by atoms with van der Waals surface area (Å²) >= 11 is 1.45. The Morgan fingerprint density at radius 2 is 1.78 bits per heavy atom. The standard InChI is InChI=1S/C13H15N3OS/c1-8-4-11(7-17)6-14-12(8)18-13-15-9(2)5-10(3)16-13/h4-6,17H,7H2,1-3H3. The molecule has 0 saturated heterocycles. The molecule has 0 aliphatic heterocycles. The monoisotopic (exact) mass is 261 g/mol. The fraction of sp³-hybridized carbons (Fsp3) is 0.308. The predicted molar refractivity (Wildman–Crippen MR) is 70.5 cm³/mol. The molecule has 2 aromatic rings. The van der Waals surface area contributed by atoms with E-state index in [2.05, 4.69) is 15.0 Å². The smallest absolute Gasteiger partial charge is 0.194 e. The van der Waals surface area contributed by atoms with E-state index >= 15 is 0 Å². The summed E-state index contributed by atoms with van der Waals surface area (Å²) in [6, 6.07) is 3.87. The SMILES string of the molecule is Cc1cc(C)nc(Sc2ncc(CO)cc2C)n1. The maximum atomic E-state index is 9.04. The Labute approximate surface area is 111 Å². The molecule has 0 saturated carbocycles. The number of aliphatic hydroxyl groups excluding tert-OH is 1. The van der Waals surface area contributed by atoms with E-state index in [1.165, 1.54) is 11.8 Å². The molecular formula is C13H15N3OS. The van der Waals surface area contributed by atoms with Crippen LogP contribution in [0.25, 0.3) is 0 Å². The number of aromatic nitrogens is 3. The molecule has 0 bridgehead atoms. The maximum Gasteiger partial charge on any atom is 0.194 e. The normalized spacial score (nSPS) is 10.7. The maximum absolute atomic E-state index is 9.04. The zero-order chi connectivity index (χ0) is 13.1. The van der Waals surface area contributed by atoms with Crippen molar-refractivity contribution in [2.24, 2.45) is 0 Å². The van der Waals surface area contributed by atoms with Crippen molar-refractivity contribution in [1.82, 2.24) is 15.0 Å². The van der Waals surface area contributed by atoms with Gasteiger partial charge in [0.1, 0.15) is 5.03 Å². The van der Waals surface area contributed by atoms with Crippen LogP contribution in [0.2, 0.25) is 0 Å². The first kappa shape index (κ1) is 13.0. The van der Waals surface area contributed by atoms with E-state index in [9.17, 15) is 0 Å². The van der Waals surface area contributed by atoms with E-state index < -0.39 is 0 Å². The Morgan fingerprint density at radius 3 is 2.33 bits per heavy atom.